The first-order valence-electron chi connectivity index (χ1n) is 7.24. The summed E-state index contributed by atoms with van der Waals surface area (Å²) < 4.78 is 5.79. The zero-order chi connectivity index (χ0) is 12.1. The van der Waals surface area contributed by atoms with Crippen LogP contribution in [0.1, 0.15) is 51.4 Å². The summed E-state index contributed by atoms with van der Waals surface area (Å²) in [4.78, 5) is 0. The topological polar surface area (TPSA) is 55.5 Å². The Hall–Kier alpha value is -0.120. The molecule has 0 aromatic rings. The van der Waals surface area contributed by atoms with Crippen molar-refractivity contribution in [3.05, 3.63) is 0 Å². The number of hydrogen-bond acceptors (Lipinski definition) is 3. The van der Waals surface area contributed by atoms with Gasteiger partial charge in [0, 0.05) is 6.61 Å². The highest BCUT2D eigenvalue weighted by atomic mass is 16.5. The molecular weight excluding hydrogens is 214 g/mol. The monoisotopic (exact) mass is 241 g/mol. The Kier molecular flexibility index (Phi) is 4.83. The van der Waals surface area contributed by atoms with Crippen LogP contribution in [-0.4, -0.2) is 30.5 Å². The third kappa shape index (κ3) is 3.67. The summed E-state index contributed by atoms with van der Waals surface area (Å²) in [6, 6.07) is 0. The van der Waals surface area contributed by atoms with Crippen LogP contribution in [0.3, 0.4) is 0 Å². The maximum atomic E-state index is 10.2. The Labute approximate surface area is 105 Å². The van der Waals surface area contributed by atoms with Gasteiger partial charge in [-0.3, -0.25) is 0 Å². The number of hydrogen-bond donors (Lipinski definition) is 2. The van der Waals surface area contributed by atoms with Gasteiger partial charge in [-0.15, -0.1) is 0 Å². The molecule has 0 saturated heterocycles. The average Bonchev–Trinajstić information content (AvgIpc) is 2.77. The molecule has 2 saturated carbocycles. The standard InChI is InChI=1S/C14H27NO2/c15-9-12-5-1-2-6-13(12)10-17-11-14(16)7-3-4-8-14/h12-13,16H,1-11,15H2. The van der Waals surface area contributed by atoms with E-state index in [-0.39, 0.29) is 0 Å². The fourth-order valence-electron chi connectivity index (χ4n) is 3.39. The number of nitrogens with two attached hydrogens (primary N) is 1. The normalized spacial score (nSPS) is 32.8. The van der Waals surface area contributed by atoms with Crippen molar-refractivity contribution in [2.24, 2.45) is 17.6 Å². The van der Waals surface area contributed by atoms with Gasteiger partial charge >= 0.3 is 0 Å². The van der Waals surface area contributed by atoms with E-state index in [0.717, 1.165) is 38.8 Å². The van der Waals surface area contributed by atoms with Gasteiger partial charge in [-0.2, -0.15) is 0 Å². The summed E-state index contributed by atoms with van der Waals surface area (Å²) in [5, 5.41) is 10.2. The molecule has 0 aliphatic heterocycles. The molecule has 2 aliphatic rings. The van der Waals surface area contributed by atoms with Crippen LogP contribution in [0, 0.1) is 11.8 Å². The summed E-state index contributed by atoms with van der Waals surface area (Å²) in [7, 11) is 0. The molecule has 3 heteroatoms. The SMILES string of the molecule is NCC1CCCCC1COCC1(O)CCCC1. The van der Waals surface area contributed by atoms with Gasteiger partial charge in [0.25, 0.3) is 0 Å². The fourth-order valence-corrected chi connectivity index (χ4v) is 3.39. The van der Waals surface area contributed by atoms with Gasteiger partial charge in [0.2, 0.25) is 0 Å². The molecule has 0 bridgehead atoms. The summed E-state index contributed by atoms with van der Waals surface area (Å²) in [6.45, 7) is 2.11. The molecule has 0 spiro atoms. The lowest BCUT2D eigenvalue weighted by molar-refractivity contribution is -0.0565. The van der Waals surface area contributed by atoms with Crippen LogP contribution in [0.5, 0.6) is 0 Å². The van der Waals surface area contributed by atoms with Crippen molar-refractivity contribution >= 4 is 0 Å². The Bertz CT molecular complexity index is 226. The second kappa shape index (κ2) is 6.17. The van der Waals surface area contributed by atoms with E-state index >= 15 is 0 Å². The van der Waals surface area contributed by atoms with Crippen molar-refractivity contribution in [1.82, 2.24) is 0 Å². The van der Waals surface area contributed by atoms with Crippen LogP contribution in [0.4, 0.5) is 0 Å². The molecule has 2 rings (SSSR count). The van der Waals surface area contributed by atoms with E-state index in [1.807, 2.05) is 0 Å². The second-order valence-electron chi connectivity index (χ2n) is 5.99. The average molecular weight is 241 g/mol. The number of aliphatic hydroxyl groups is 1. The van der Waals surface area contributed by atoms with Crippen LogP contribution >= 0.6 is 0 Å². The molecule has 2 aliphatic carbocycles. The van der Waals surface area contributed by atoms with Crippen LogP contribution in [0.15, 0.2) is 0 Å². The Morgan fingerprint density at radius 1 is 1.06 bits per heavy atom. The minimum absolute atomic E-state index is 0.521. The molecule has 2 unspecified atom stereocenters. The summed E-state index contributed by atoms with van der Waals surface area (Å²) in [5.74, 6) is 1.26. The molecule has 0 heterocycles. The third-order valence-electron chi connectivity index (χ3n) is 4.61. The smallest absolute Gasteiger partial charge is 0.0880 e. The van der Waals surface area contributed by atoms with Gasteiger partial charge in [0.05, 0.1) is 12.2 Å². The minimum Gasteiger partial charge on any atom is -0.387 e. The third-order valence-corrected chi connectivity index (χ3v) is 4.61. The first kappa shape index (κ1) is 13.3. The highest BCUT2D eigenvalue weighted by Crippen LogP contribution is 2.32. The quantitative estimate of drug-likeness (QED) is 0.775. The van der Waals surface area contributed by atoms with Crippen molar-refractivity contribution < 1.29 is 9.84 Å². The van der Waals surface area contributed by atoms with Gasteiger partial charge in [-0.05, 0) is 44.1 Å². The zero-order valence-electron chi connectivity index (χ0n) is 10.9. The van der Waals surface area contributed by atoms with Gasteiger partial charge in [0.1, 0.15) is 0 Å². The Morgan fingerprint density at radius 3 is 2.35 bits per heavy atom. The lowest BCUT2D eigenvalue weighted by atomic mass is 9.80. The predicted octanol–water partition coefficient (Wildman–Crippen LogP) is 2.07. The molecule has 0 aromatic carbocycles. The molecule has 3 N–H and O–H groups in total. The highest BCUT2D eigenvalue weighted by Gasteiger charge is 2.32. The lowest BCUT2D eigenvalue weighted by Gasteiger charge is -2.31. The van der Waals surface area contributed by atoms with E-state index < -0.39 is 5.60 Å². The van der Waals surface area contributed by atoms with Gasteiger partial charge < -0.3 is 15.6 Å². The van der Waals surface area contributed by atoms with Gasteiger partial charge in [-0.25, -0.2) is 0 Å². The summed E-state index contributed by atoms with van der Waals surface area (Å²) in [5.41, 5.74) is 5.29. The molecule has 17 heavy (non-hydrogen) atoms. The van der Waals surface area contributed by atoms with E-state index in [1.54, 1.807) is 0 Å². The van der Waals surface area contributed by atoms with E-state index in [9.17, 15) is 5.11 Å². The molecule has 100 valence electrons. The fraction of sp³-hybridized carbons (Fsp3) is 1.00. The Morgan fingerprint density at radius 2 is 1.71 bits per heavy atom. The van der Waals surface area contributed by atoms with E-state index in [4.69, 9.17) is 10.5 Å². The van der Waals surface area contributed by atoms with Crippen molar-refractivity contribution in [2.45, 2.75) is 57.0 Å². The van der Waals surface area contributed by atoms with Crippen molar-refractivity contribution in [3.8, 4) is 0 Å². The second-order valence-corrected chi connectivity index (χ2v) is 5.99. The molecule has 2 atom stereocenters. The molecule has 0 radical (unpaired) electrons. The number of ether oxygens (including phenoxy) is 1. The maximum absolute atomic E-state index is 10.2. The predicted molar refractivity (Wildman–Crippen MR) is 68.7 cm³/mol. The largest absolute Gasteiger partial charge is 0.387 e. The van der Waals surface area contributed by atoms with Crippen LogP contribution in [-0.2, 0) is 4.74 Å². The van der Waals surface area contributed by atoms with Gasteiger partial charge in [0.15, 0.2) is 0 Å². The molecule has 2 fully saturated rings. The van der Waals surface area contributed by atoms with Crippen LogP contribution in [0.2, 0.25) is 0 Å². The van der Waals surface area contributed by atoms with Crippen molar-refractivity contribution in [3.63, 3.8) is 0 Å². The molecule has 0 amide bonds. The van der Waals surface area contributed by atoms with Crippen LogP contribution in [0.25, 0.3) is 0 Å². The van der Waals surface area contributed by atoms with E-state index in [1.165, 1.54) is 25.7 Å². The van der Waals surface area contributed by atoms with E-state index in [0.29, 0.717) is 18.4 Å². The lowest BCUT2D eigenvalue weighted by Crippen LogP contribution is -2.34. The molecular formula is C14H27NO2. The zero-order valence-corrected chi connectivity index (χ0v) is 10.9. The van der Waals surface area contributed by atoms with Gasteiger partial charge in [-0.1, -0.05) is 25.7 Å². The number of rotatable bonds is 5. The maximum Gasteiger partial charge on any atom is 0.0880 e. The highest BCUT2D eigenvalue weighted by molar-refractivity contribution is 4.84. The molecule has 3 nitrogen and oxygen atoms in total. The molecule has 0 aromatic heterocycles. The van der Waals surface area contributed by atoms with Crippen molar-refractivity contribution in [1.29, 1.82) is 0 Å². The van der Waals surface area contributed by atoms with Crippen molar-refractivity contribution in [2.75, 3.05) is 19.8 Å². The first-order chi connectivity index (χ1) is 8.23. The Balaban J connectivity index is 1.69. The van der Waals surface area contributed by atoms with Crippen LogP contribution < -0.4 is 5.73 Å². The summed E-state index contributed by atoms with van der Waals surface area (Å²) in [6.07, 6.45) is 9.27. The first-order valence-corrected chi connectivity index (χ1v) is 7.24. The summed E-state index contributed by atoms with van der Waals surface area (Å²) >= 11 is 0. The minimum atomic E-state index is -0.521. The van der Waals surface area contributed by atoms with E-state index in [2.05, 4.69) is 0 Å².